The Hall–Kier alpha value is -2.63. The molecule has 1 amide bonds. The van der Waals surface area contributed by atoms with Crippen LogP contribution in [0, 0.1) is 6.92 Å². The highest BCUT2D eigenvalue weighted by molar-refractivity contribution is 6.03. The van der Waals surface area contributed by atoms with Crippen molar-refractivity contribution in [1.29, 1.82) is 0 Å². The molecule has 1 aliphatic rings. The molecule has 0 spiro atoms. The minimum absolute atomic E-state index is 0.00212. The molecule has 0 saturated carbocycles. The standard InChI is InChI=1S/C15H14N2O4/c1-8-13-9-5-3-4-6-10(9)15(19)16-11(7-12(18)20-2)14(13)21-17-8/h3-6,11H,7H2,1-2H3,(H,16,19)/t11-/m0/s1. The van der Waals surface area contributed by atoms with Gasteiger partial charge in [0.05, 0.1) is 24.8 Å². The normalized spacial score (nSPS) is 16.5. The lowest BCUT2D eigenvalue weighted by Crippen LogP contribution is -2.29. The Morgan fingerprint density at radius 3 is 2.81 bits per heavy atom. The summed E-state index contributed by atoms with van der Waals surface area (Å²) in [5.74, 6) is -0.187. The van der Waals surface area contributed by atoms with Gasteiger partial charge in [0.25, 0.3) is 5.91 Å². The molecule has 0 aliphatic carbocycles. The fourth-order valence-electron chi connectivity index (χ4n) is 2.55. The zero-order valence-corrected chi connectivity index (χ0v) is 11.7. The fraction of sp³-hybridized carbons (Fsp3) is 0.267. The third kappa shape index (κ3) is 2.18. The molecule has 1 aromatic heterocycles. The topological polar surface area (TPSA) is 81.4 Å². The van der Waals surface area contributed by atoms with Gasteiger partial charge in [-0.15, -0.1) is 0 Å². The Balaban J connectivity index is 2.15. The summed E-state index contributed by atoms with van der Waals surface area (Å²) in [4.78, 5) is 23.9. The van der Waals surface area contributed by atoms with Gasteiger partial charge in [-0.3, -0.25) is 9.59 Å². The first-order valence-electron chi connectivity index (χ1n) is 6.55. The number of fused-ring (bicyclic) bond motifs is 3. The van der Waals surface area contributed by atoms with Gasteiger partial charge in [-0.05, 0) is 18.6 Å². The van der Waals surface area contributed by atoms with E-state index in [0.717, 1.165) is 11.1 Å². The van der Waals surface area contributed by atoms with E-state index in [4.69, 9.17) is 4.52 Å². The monoisotopic (exact) mass is 286 g/mol. The van der Waals surface area contributed by atoms with E-state index in [1.54, 1.807) is 12.1 Å². The number of aryl methyl sites for hydroxylation is 1. The third-order valence-electron chi connectivity index (χ3n) is 3.55. The van der Waals surface area contributed by atoms with E-state index in [1.165, 1.54) is 7.11 Å². The molecule has 108 valence electrons. The number of carbonyl (C=O) groups excluding carboxylic acids is 2. The molecule has 0 radical (unpaired) electrons. The third-order valence-corrected chi connectivity index (χ3v) is 3.55. The van der Waals surface area contributed by atoms with Crippen molar-refractivity contribution in [1.82, 2.24) is 10.5 Å². The molecule has 21 heavy (non-hydrogen) atoms. The summed E-state index contributed by atoms with van der Waals surface area (Å²) in [5, 5.41) is 6.77. The van der Waals surface area contributed by atoms with Crippen molar-refractivity contribution >= 4 is 11.9 Å². The van der Waals surface area contributed by atoms with Crippen LogP contribution >= 0.6 is 0 Å². The maximum Gasteiger partial charge on any atom is 0.308 e. The van der Waals surface area contributed by atoms with Gasteiger partial charge in [-0.2, -0.15) is 0 Å². The lowest BCUT2D eigenvalue weighted by Gasteiger charge is -2.13. The summed E-state index contributed by atoms with van der Waals surface area (Å²) < 4.78 is 10.0. The van der Waals surface area contributed by atoms with Gasteiger partial charge in [0.15, 0.2) is 5.76 Å². The number of nitrogens with one attached hydrogen (secondary N) is 1. The molecule has 6 heteroatoms. The van der Waals surface area contributed by atoms with Crippen molar-refractivity contribution in [3.05, 3.63) is 41.3 Å². The van der Waals surface area contributed by atoms with Crippen LogP contribution in [0.2, 0.25) is 0 Å². The van der Waals surface area contributed by atoms with Crippen molar-refractivity contribution in [2.75, 3.05) is 7.11 Å². The smallest absolute Gasteiger partial charge is 0.308 e. The van der Waals surface area contributed by atoms with Crippen LogP contribution in [0.15, 0.2) is 28.8 Å². The number of carbonyl (C=O) groups is 2. The van der Waals surface area contributed by atoms with E-state index in [9.17, 15) is 9.59 Å². The van der Waals surface area contributed by atoms with Crippen molar-refractivity contribution in [2.45, 2.75) is 19.4 Å². The summed E-state index contributed by atoms with van der Waals surface area (Å²) in [6.07, 6.45) is -0.00212. The second-order valence-corrected chi connectivity index (χ2v) is 4.86. The van der Waals surface area contributed by atoms with E-state index < -0.39 is 12.0 Å². The number of methoxy groups -OCH3 is 1. The van der Waals surface area contributed by atoms with E-state index in [2.05, 4.69) is 15.2 Å². The number of ether oxygens (including phenoxy) is 1. The van der Waals surface area contributed by atoms with Gasteiger partial charge >= 0.3 is 5.97 Å². The quantitative estimate of drug-likeness (QED) is 0.854. The Bertz CT molecular complexity index is 720. The number of aromatic nitrogens is 1. The Morgan fingerprint density at radius 2 is 2.10 bits per heavy atom. The molecule has 2 heterocycles. The highest BCUT2D eigenvalue weighted by atomic mass is 16.5. The molecular formula is C15H14N2O4. The molecular weight excluding hydrogens is 272 g/mol. The average molecular weight is 286 g/mol. The SMILES string of the molecule is COC(=O)C[C@@H]1NC(=O)c2ccccc2-c2c(C)noc21. The van der Waals surface area contributed by atoms with E-state index in [0.29, 0.717) is 17.0 Å². The molecule has 0 unspecified atom stereocenters. The zero-order valence-electron chi connectivity index (χ0n) is 11.7. The molecule has 3 rings (SSSR count). The van der Waals surface area contributed by atoms with Crippen LogP contribution in [0.3, 0.4) is 0 Å². The number of hydrogen-bond acceptors (Lipinski definition) is 5. The number of hydrogen-bond donors (Lipinski definition) is 1. The van der Waals surface area contributed by atoms with Crippen LogP contribution in [-0.2, 0) is 9.53 Å². The molecule has 2 aromatic rings. The molecule has 1 aliphatic heterocycles. The van der Waals surface area contributed by atoms with Crippen LogP contribution in [0.5, 0.6) is 0 Å². The first kappa shape index (κ1) is 13.4. The fourth-order valence-corrected chi connectivity index (χ4v) is 2.55. The van der Waals surface area contributed by atoms with Gasteiger partial charge in [0.1, 0.15) is 6.04 Å². The van der Waals surface area contributed by atoms with Gasteiger partial charge in [-0.1, -0.05) is 23.4 Å². The predicted molar refractivity (Wildman–Crippen MR) is 73.5 cm³/mol. The number of amides is 1. The maximum atomic E-state index is 12.3. The second-order valence-electron chi connectivity index (χ2n) is 4.86. The number of benzene rings is 1. The number of rotatable bonds is 2. The Kier molecular flexibility index (Phi) is 3.21. The summed E-state index contributed by atoms with van der Waals surface area (Å²) in [5.41, 5.74) is 2.75. The van der Waals surface area contributed by atoms with Crippen molar-refractivity contribution in [3.8, 4) is 11.1 Å². The Labute approximate surface area is 121 Å². The first-order valence-corrected chi connectivity index (χ1v) is 6.55. The highest BCUT2D eigenvalue weighted by Gasteiger charge is 2.33. The van der Waals surface area contributed by atoms with E-state index in [1.807, 2.05) is 19.1 Å². The van der Waals surface area contributed by atoms with Crippen LogP contribution in [-0.4, -0.2) is 24.1 Å². The number of nitrogens with zero attached hydrogens (tertiary/aromatic N) is 1. The molecule has 0 fully saturated rings. The summed E-state index contributed by atoms with van der Waals surface area (Å²) in [7, 11) is 1.31. The zero-order chi connectivity index (χ0) is 15.0. The number of esters is 1. The summed E-state index contributed by atoms with van der Waals surface area (Å²) in [6, 6.07) is 6.64. The largest absolute Gasteiger partial charge is 0.469 e. The second kappa shape index (κ2) is 5.05. The van der Waals surface area contributed by atoms with Gasteiger partial charge in [0.2, 0.25) is 0 Å². The molecule has 0 bridgehead atoms. The van der Waals surface area contributed by atoms with E-state index in [-0.39, 0.29) is 12.3 Å². The van der Waals surface area contributed by atoms with Crippen LogP contribution in [0.25, 0.3) is 11.1 Å². The van der Waals surface area contributed by atoms with Crippen LogP contribution in [0.4, 0.5) is 0 Å². The molecule has 6 nitrogen and oxygen atoms in total. The predicted octanol–water partition coefficient (Wildman–Crippen LogP) is 2.00. The first-order chi connectivity index (χ1) is 10.1. The van der Waals surface area contributed by atoms with Crippen molar-refractivity contribution < 1.29 is 18.8 Å². The molecule has 0 saturated heterocycles. The highest BCUT2D eigenvalue weighted by Crippen LogP contribution is 2.37. The van der Waals surface area contributed by atoms with Crippen molar-refractivity contribution in [3.63, 3.8) is 0 Å². The molecule has 1 aromatic carbocycles. The lowest BCUT2D eigenvalue weighted by molar-refractivity contribution is -0.141. The minimum Gasteiger partial charge on any atom is -0.469 e. The van der Waals surface area contributed by atoms with Gasteiger partial charge < -0.3 is 14.6 Å². The molecule has 1 N–H and O–H groups in total. The minimum atomic E-state index is -0.589. The van der Waals surface area contributed by atoms with Gasteiger partial charge in [0, 0.05) is 5.56 Å². The lowest BCUT2D eigenvalue weighted by atomic mass is 9.97. The molecule has 1 atom stereocenters. The van der Waals surface area contributed by atoms with Gasteiger partial charge in [-0.25, -0.2) is 0 Å². The van der Waals surface area contributed by atoms with Crippen LogP contribution < -0.4 is 5.32 Å². The average Bonchev–Trinajstić information content (AvgIpc) is 2.82. The maximum absolute atomic E-state index is 12.3. The summed E-state index contributed by atoms with van der Waals surface area (Å²) >= 11 is 0. The van der Waals surface area contributed by atoms with Crippen molar-refractivity contribution in [2.24, 2.45) is 0 Å². The van der Waals surface area contributed by atoms with Crippen LogP contribution in [0.1, 0.15) is 34.3 Å². The van der Waals surface area contributed by atoms with E-state index >= 15 is 0 Å². The Morgan fingerprint density at radius 1 is 1.38 bits per heavy atom. The summed E-state index contributed by atoms with van der Waals surface area (Å²) in [6.45, 7) is 1.81.